The van der Waals surface area contributed by atoms with Crippen LogP contribution in [0.5, 0.6) is 0 Å². The van der Waals surface area contributed by atoms with Crippen molar-refractivity contribution in [2.45, 2.75) is 69.6 Å². The molecule has 0 unspecified atom stereocenters. The number of hydrogen-bond acceptors (Lipinski definition) is 8. The third-order valence-electron chi connectivity index (χ3n) is 8.22. The maximum Gasteiger partial charge on any atom is 0.342 e. The van der Waals surface area contributed by atoms with Crippen molar-refractivity contribution < 1.29 is 23.5 Å². The Morgan fingerprint density at radius 2 is 1.85 bits per heavy atom. The number of rotatable bonds is 6. The molecule has 1 aliphatic carbocycles. The van der Waals surface area contributed by atoms with Gasteiger partial charge in [0, 0.05) is 35.9 Å². The molecule has 12 heteroatoms. The van der Waals surface area contributed by atoms with Gasteiger partial charge >= 0.3 is 5.92 Å². The molecule has 1 aromatic heterocycles. The highest BCUT2D eigenvalue weighted by Gasteiger charge is 2.48. The molecule has 10 nitrogen and oxygen atoms in total. The van der Waals surface area contributed by atoms with E-state index >= 15 is 0 Å². The third-order valence-corrected chi connectivity index (χ3v) is 8.22. The van der Waals surface area contributed by atoms with E-state index in [9.17, 15) is 23.5 Å². The minimum atomic E-state index is -3.56. The first kappa shape index (κ1) is 28.2. The first-order valence-corrected chi connectivity index (χ1v) is 14.0. The van der Waals surface area contributed by atoms with E-state index in [2.05, 4.69) is 32.5 Å². The average molecular weight is 558 g/mol. The number of piperidine rings is 1. The first-order valence-electron chi connectivity index (χ1n) is 14.0. The Labute approximate surface area is 232 Å². The highest BCUT2D eigenvalue weighted by Crippen LogP contribution is 2.39. The number of aliphatic hydroxyl groups excluding tert-OH is 1. The summed E-state index contributed by atoms with van der Waals surface area (Å²) in [7, 11) is 3.38. The molecule has 2 fully saturated rings. The lowest BCUT2D eigenvalue weighted by Gasteiger charge is -2.35. The predicted molar refractivity (Wildman–Crippen MR) is 148 cm³/mol. The zero-order valence-corrected chi connectivity index (χ0v) is 23.0. The fourth-order valence-corrected chi connectivity index (χ4v) is 5.81. The molecule has 1 saturated heterocycles. The van der Waals surface area contributed by atoms with Crippen LogP contribution in [0.4, 0.5) is 31.9 Å². The van der Waals surface area contributed by atoms with Crippen molar-refractivity contribution in [1.82, 2.24) is 20.2 Å². The van der Waals surface area contributed by atoms with Crippen LogP contribution in [0.2, 0.25) is 0 Å². The normalized spacial score (nSPS) is 20.7. The van der Waals surface area contributed by atoms with Crippen molar-refractivity contribution in [3.8, 4) is 0 Å². The number of hydrogen-bond donors (Lipinski definition) is 3. The number of nitrogens with one attached hydrogen (secondary N) is 2. The Morgan fingerprint density at radius 1 is 1.12 bits per heavy atom. The summed E-state index contributed by atoms with van der Waals surface area (Å²) in [6.45, 7) is 0.778. The Balaban J connectivity index is 1.39. The highest BCUT2D eigenvalue weighted by atomic mass is 19.3. The van der Waals surface area contributed by atoms with Crippen LogP contribution in [0.15, 0.2) is 24.4 Å². The number of likely N-dealkylation sites (tertiary alicyclic amines) is 1. The van der Waals surface area contributed by atoms with E-state index in [0.717, 1.165) is 62.9 Å². The van der Waals surface area contributed by atoms with Gasteiger partial charge in [-0.1, -0.05) is 19.3 Å². The molecule has 3 aliphatic rings. The van der Waals surface area contributed by atoms with E-state index in [-0.39, 0.29) is 42.1 Å². The third kappa shape index (κ3) is 5.87. The van der Waals surface area contributed by atoms with Gasteiger partial charge in [-0.25, -0.2) is 4.98 Å². The number of anilines is 4. The minimum Gasteiger partial charge on any atom is -0.392 e. The Hall–Kier alpha value is -3.38. The quantitative estimate of drug-likeness (QED) is 0.496. The van der Waals surface area contributed by atoms with Crippen molar-refractivity contribution in [2.75, 3.05) is 48.8 Å². The smallest absolute Gasteiger partial charge is 0.342 e. The van der Waals surface area contributed by atoms with Crippen molar-refractivity contribution >= 4 is 35.0 Å². The molecule has 3 N–H and O–H groups in total. The lowest BCUT2D eigenvalue weighted by Crippen LogP contribution is -2.49. The van der Waals surface area contributed by atoms with Crippen LogP contribution >= 0.6 is 0 Å². The number of halogens is 2. The second kappa shape index (κ2) is 11.6. The molecule has 5 rings (SSSR count). The van der Waals surface area contributed by atoms with E-state index in [0.29, 0.717) is 16.8 Å². The van der Waals surface area contributed by atoms with Crippen LogP contribution < -0.4 is 20.4 Å². The molecule has 0 spiro atoms. The fourth-order valence-electron chi connectivity index (χ4n) is 5.81. The second-order valence-corrected chi connectivity index (χ2v) is 11.1. The molecule has 2 aromatic rings. The van der Waals surface area contributed by atoms with E-state index in [4.69, 9.17) is 0 Å². The van der Waals surface area contributed by atoms with Gasteiger partial charge in [-0.05, 0) is 64.0 Å². The monoisotopic (exact) mass is 557 g/mol. The van der Waals surface area contributed by atoms with Gasteiger partial charge in [0.2, 0.25) is 5.95 Å². The summed E-state index contributed by atoms with van der Waals surface area (Å²) >= 11 is 0. The number of fused-ring (bicyclic) bond motifs is 1. The highest BCUT2D eigenvalue weighted by molar-refractivity contribution is 6.02. The number of amides is 2. The summed E-state index contributed by atoms with van der Waals surface area (Å²) in [5.41, 5.74) is 1.62. The van der Waals surface area contributed by atoms with Gasteiger partial charge < -0.3 is 30.4 Å². The number of aliphatic hydroxyl groups is 1. The summed E-state index contributed by atoms with van der Waals surface area (Å²) in [5, 5.41) is 16.2. The summed E-state index contributed by atoms with van der Waals surface area (Å²) in [4.78, 5) is 39.1. The Kier molecular flexibility index (Phi) is 8.18. The maximum atomic E-state index is 14.9. The van der Waals surface area contributed by atoms with Crippen LogP contribution in [0.1, 0.15) is 60.9 Å². The molecular weight excluding hydrogens is 520 g/mol. The number of carbonyl (C=O) groups excluding carboxylic acids is 2. The summed E-state index contributed by atoms with van der Waals surface area (Å²) in [5.74, 6) is -4.63. The van der Waals surface area contributed by atoms with Crippen molar-refractivity contribution in [2.24, 2.45) is 0 Å². The van der Waals surface area contributed by atoms with Crippen LogP contribution in [0.25, 0.3) is 0 Å². The molecule has 216 valence electrons. The van der Waals surface area contributed by atoms with Gasteiger partial charge in [0.25, 0.3) is 11.8 Å². The van der Waals surface area contributed by atoms with E-state index in [1.165, 1.54) is 13.2 Å². The van der Waals surface area contributed by atoms with Crippen LogP contribution in [0.3, 0.4) is 0 Å². The number of alkyl halides is 2. The predicted octanol–water partition coefficient (Wildman–Crippen LogP) is 3.29. The molecule has 3 heterocycles. The molecule has 2 amide bonds. The SMILES string of the molecule is CN1CCC(NC(=O)c2ccc(Nc3ncc4c(n3)N(C3CCCCC3)CC(F)(F)C(=O)N4C)c(CO)c2)CC1. The number of benzene rings is 1. The minimum absolute atomic E-state index is 0.108. The average Bonchev–Trinajstić information content (AvgIpc) is 3.03. The molecule has 0 atom stereocenters. The zero-order chi connectivity index (χ0) is 28.4. The Bertz CT molecular complexity index is 1250. The number of carbonyl (C=O) groups is 2. The molecule has 1 aromatic carbocycles. The first-order chi connectivity index (χ1) is 19.2. The van der Waals surface area contributed by atoms with Gasteiger partial charge in [-0.2, -0.15) is 13.8 Å². The molecular formula is C28H37F2N7O3. The Morgan fingerprint density at radius 3 is 2.55 bits per heavy atom. The summed E-state index contributed by atoms with van der Waals surface area (Å²) in [6.07, 6.45) is 7.55. The number of nitrogens with zero attached hydrogens (tertiary/aromatic N) is 5. The van der Waals surface area contributed by atoms with Crippen LogP contribution in [-0.2, 0) is 11.4 Å². The molecule has 0 radical (unpaired) electrons. The standard InChI is InChI=1S/C28H37F2N7O3/c1-35-12-10-20(11-13-35)32-25(39)18-8-9-22(19(14-18)16-38)33-27-31-15-23-24(34-27)37(21-6-4-3-5-7-21)17-28(29,30)26(40)36(23)2/h8-9,14-15,20-21,38H,3-7,10-13,16-17H2,1-2H3,(H,32,39)(H,31,33,34). The van der Waals surface area contributed by atoms with Gasteiger partial charge in [0.15, 0.2) is 5.82 Å². The van der Waals surface area contributed by atoms with Crippen molar-refractivity contribution in [3.05, 3.63) is 35.5 Å². The van der Waals surface area contributed by atoms with Crippen LogP contribution in [-0.4, -0.2) is 83.5 Å². The molecule has 0 bridgehead atoms. The van der Waals surface area contributed by atoms with Crippen molar-refractivity contribution in [3.63, 3.8) is 0 Å². The van der Waals surface area contributed by atoms with E-state index in [1.54, 1.807) is 23.1 Å². The van der Waals surface area contributed by atoms with Gasteiger partial charge in [0.05, 0.1) is 19.3 Å². The molecule has 2 aliphatic heterocycles. The largest absolute Gasteiger partial charge is 0.392 e. The topological polar surface area (TPSA) is 114 Å². The zero-order valence-electron chi connectivity index (χ0n) is 23.0. The summed E-state index contributed by atoms with van der Waals surface area (Å²) < 4.78 is 29.9. The van der Waals surface area contributed by atoms with Gasteiger partial charge in [0.1, 0.15) is 5.69 Å². The van der Waals surface area contributed by atoms with Gasteiger partial charge in [-0.15, -0.1) is 0 Å². The van der Waals surface area contributed by atoms with E-state index in [1.807, 2.05) is 0 Å². The second-order valence-electron chi connectivity index (χ2n) is 11.1. The van der Waals surface area contributed by atoms with E-state index < -0.39 is 18.4 Å². The molecule has 1 saturated carbocycles. The number of aromatic nitrogens is 2. The van der Waals surface area contributed by atoms with Crippen molar-refractivity contribution in [1.29, 1.82) is 0 Å². The lowest BCUT2D eigenvalue weighted by atomic mass is 9.94. The lowest BCUT2D eigenvalue weighted by molar-refractivity contribution is -0.140. The maximum absolute atomic E-state index is 14.9. The molecule has 40 heavy (non-hydrogen) atoms. The van der Waals surface area contributed by atoms with Gasteiger partial charge in [-0.3, -0.25) is 9.59 Å². The summed E-state index contributed by atoms with van der Waals surface area (Å²) in [6, 6.07) is 4.91. The fraction of sp³-hybridized carbons (Fsp3) is 0.571. The van der Waals surface area contributed by atoms with Crippen LogP contribution in [0, 0.1) is 0 Å².